The average Bonchev–Trinajstić information content (AvgIpc) is 3.55. The molecule has 3 aliphatic rings. The van der Waals surface area contributed by atoms with Crippen LogP contribution in [0.15, 0.2) is 99.9 Å². The standard InChI is InChI=1S/C29H26N4O2S/c34-28-27(36-29(30-28)32-15-17-35-18-16-32)19-21-11-13-24(14-12-21)33-26(23-9-5-2-6-10-23)20-25(31-33)22-7-3-1-4-8-22/h1-14,19,26H,15-18,20H2. The Bertz CT molecular complexity index is 1330. The molecule has 6 rings (SSSR count). The van der Waals surface area contributed by atoms with Gasteiger partial charge in [-0.25, -0.2) is 0 Å². The minimum absolute atomic E-state index is 0.127. The number of amides is 1. The van der Waals surface area contributed by atoms with Crippen LogP contribution in [0, 0.1) is 0 Å². The number of thioether (sulfide) groups is 1. The summed E-state index contributed by atoms with van der Waals surface area (Å²) in [5, 5.41) is 7.92. The molecule has 1 atom stereocenters. The lowest BCUT2D eigenvalue weighted by Crippen LogP contribution is -2.38. The number of hydrogen-bond acceptors (Lipinski definition) is 6. The number of carbonyl (C=O) groups is 1. The molecule has 1 fully saturated rings. The SMILES string of the molecule is O=C1N=C(N2CCOCC2)SC1=Cc1ccc(N2N=C(c3ccccc3)CC2c2ccccc2)cc1. The number of aliphatic imine (C=N–C) groups is 1. The van der Waals surface area contributed by atoms with Crippen LogP contribution in [0.2, 0.25) is 0 Å². The number of anilines is 1. The van der Waals surface area contributed by atoms with Crippen LogP contribution in [0.4, 0.5) is 5.69 Å². The summed E-state index contributed by atoms with van der Waals surface area (Å²) in [4.78, 5) is 19.6. The molecule has 0 saturated carbocycles. The zero-order valence-corrected chi connectivity index (χ0v) is 20.6. The van der Waals surface area contributed by atoms with E-state index in [0.717, 1.165) is 47.2 Å². The normalized spacial score (nSPS) is 21.2. The smallest absolute Gasteiger partial charge is 0.286 e. The molecule has 0 N–H and O–H groups in total. The number of rotatable bonds is 4. The van der Waals surface area contributed by atoms with Crippen molar-refractivity contribution in [3.8, 4) is 0 Å². The van der Waals surface area contributed by atoms with E-state index in [-0.39, 0.29) is 11.9 Å². The summed E-state index contributed by atoms with van der Waals surface area (Å²) < 4.78 is 5.41. The molecule has 6 nitrogen and oxygen atoms in total. The predicted molar refractivity (Wildman–Crippen MR) is 146 cm³/mol. The summed E-state index contributed by atoms with van der Waals surface area (Å²) in [6.45, 7) is 2.88. The summed E-state index contributed by atoms with van der Waals surface area (Å²) in [5.74, 6) is -0.175. The van der Waals surface area contributed by atoms with Gasteiger partial charge in [0.1, 0.15) is 0 Å². The third kappa shape index (κ3) is 4.72. The first-order chi connectivity index (χ1) is 17.7. The van der Waals surface area contributed by atoms with Gasteiger partial charge in [0, 0.05) is 19.5 Å². The molecule has 180 valence electrons. The summed E-state index contributed by atoms with van der Waals surface area (Å²) in [5.41, 5.74) is 5.45. The fourth-order valence-electron chi connectivity index (χ4n) is 4.65. The highest BCUT2D eigenvalue weighted by atomic mass is 32.2. The van der Waals surface area contributed by atoms with E-state index < -0.39 is 0 Å². The Morgan fingerprint density at radius 2 is 1.58 bits per heavy atom. The Morgan fingerprint density at radius 3 is 2.31 bits per heavy atom. The highest BCUT2D eigenvalue weighted by molar-refractivity contribution is 8.18. The van der Waals surface area contributed by atoms with Crippen LogP contribution in [0.5, 0.6) is 0 Å². The summed E-state index contributed by atoms with van der Waals surface area (Å²) >= 11 is 1.44. The second kappa shape index (κ2) is 10.1. The molecule has 3 aliphatic heterocycles. The molecule has 3 heterocycles. The lowest BCUT2D eigenvalue weighted by atomic mass is 9.98. The summed E-state index contributed by atoms with van der Waals surface area (Å²) in [6.07, 6.45) is 2.76. The Labute approximate surface area is 215 Å². The Kier molecular flexibility index (Phi) is 6.40. The van der Waals surface area contributed by atoms with Gasteiger partial charge in [-0.3, -0.25) is 9.80 Å². The van der Waals surface area contributed by atoms with E-state index in [0.29, 0.717) is 18.1 Å². The van der Waals surface area contributed by atoms with Crippen molar-refractivity contribution in [2.45, 2.75) is 12.5 Å². The van der Waals surface area contributed by atoms with Crippen molar-refractivity contribution in [3.63, 3.8) is 0 Å². The largest absolute Gasteiger partial charge is 0.378 e. The van der Waals surface area contributed by atoms with E-state index in [1.165, 1.54) is 17.3 Å². The zero-order chi connectivity index (χ0) is 24.3. The lowest BCUT2D eigenvalue weighted by Gasteiger charge is -2.27. The van der Waals surface area contributed by atoms with E-state index in [9.17, 15) is 4.79 Å². The molecule has 1 amide bonds. The van der Waals surface area contributed by atoms with Crippen molar-refractivity contribution >= 4 is 40.3 Å². The van der Waals surface area contributed by atoms with Crippen LogP contribution in [-0.4, -0.2) is 48.0 Å². The fourth-order valence-corrected chi connectivity index (χ4v) is 5.62. The molecule has 0 aliphatic carbocycles. The van der Waals surface area contributed by atoms with Crippen LogP contribution in [0.1, 0.15) is 29.2 Å². The third-order valence-corrected chi connectivity index (χ3v) is 7.59. The van der Waals surface area contributed by atoms with Gasteiger partial charge < -0.3 is 9.64 Å². The molecular weight excluding hydrogens is 468 g/mol. The number of hydrogen-bond donors (Lipinski definition) is 0. The number of morpholine rings is 1. The van der Waals surface area contributed by atoms with Crippen molar-refractivity contribution in [1.29, 1.82) is 0 Å². The van der Waals surface area contributed by atoms with Crippen molar-refractivity contribution in [2.75, 3.05) is 31.3 Å². The molecule has 36 heavy (non-hydrogen) atoms. The Morgan fingerprint density at radius 1 is 0.889 bits per heavy atom. The molecule has 0 bridgehead atoms. The predicted octanol–water partition coefficient (Wildman–Crippen LogP) is 5.34. The topological polar surface area (TPSA) is 57.5 Å². The summed E-state index contributed by atoms with van der Waals surface area (Å²) in [6, 6.07) is 29.2. The molecule has 1 saturated heterocycles. The highest BCUT2D eigenvalue weighted by Gasteiger charge is 2.30. The van der Waals surface area contributed by atoms with Gasteiger partial charge in [0.05, 0.1) is 35.6 Å². The van der Waals surface area contributed by atoms with Crippen molar-refractivity contribution < 1.29 is 9.53 Å². The van der Waals surface area contributed by atoms with Gasteiger partial charge in [-0.05, 0) is 46.7 Å². The van der Waals surface area contributed by atoms with Crippen LogP contribution in [0.25, 0.3) is 6.08 Å². The number of ether oxygens (including phenoxy) is 1. The molecule has 0 aromatic heterocycles. The fraction of sp³-hybridized carbons (Fsp3) is 0.207. The van der Waals surface area contributed by atoms with Gasteiger partial charge in [-0.1, -0.05) is 72.8 Å². The van der Waals surface area contributed by atoms with Crippen LogP contribution >= 0.6 is 11.8 Å². The van der Waals surface area contributed by atoms with Crippen LogP contribution in [-0.2, 0) is 9.53 Å². The monoisotopic (exact) mass is 494 g/mol. The van der Waals surface area contributed by atoms with E-state index in [4.69, 9.17) is 9.84 Å². The quantitative estimate of drug-likeness (QED) is 0.458. The first-order valence-corrected chi connectivity index (χ1v) is 13.0. The Hall–Kier alpha value is -3.68. The molecule has 3 aromatic carbocycles. The van der Waals surface area contributed by atoms with Gasteiger partial charge in [-0.15, -0.1) is 0 Å². The van der Waals surface area contributed by atoms with Gasteiger partial charge in [0.15, 0.2) is 5.17 Å². The minimum Gasteiger partial charge on any atom is -0.378 e. The van der Waals surface area contributed by atoms with E-state index in [2.05, 4.69) is 75.6 Å². The van der Waals surface area contributed by atoms with Gasteiger partial charge in [0.25, 0.3) is 5.91 Å². The van der Waals surface area contributed by atoms with E-state index in [1.54, 1.807) is 0 Å². The highest BCUT2D eigenvalue weighted by Crippen LogP contribution is 2.37. The zero-order valence-electron chi connectivity index (χ0n) is 19.8. The number of nitrogens with zero attached hydrogens (tertiary/aromatic N) is 4. The first-order valence-electron chi connectivity index (χ1n) is 12.2. The lowest BCUT2D eigenvalue weighted by molar-refractivity contribution is -0.113. The Balaban J connectivity index is 1.24. The molecular formula is C29H26N4O2S. The number of hydrazone groups is 1. The van der Waals surface area contributed by atoms with Crippen molar-refractivity contribution in [3.05, 3.63) is 107 Å². The molecule has 0 radical (unpaired) electrons. The van der Waals surface area contributed by atoms with Gasteiger partial charge in [0.2, 0.25) is 0 Å². The third-order valence-electron chi connectivity index (χ3n) is 6.55. The van der Waals surface area contributed by atoms with Crippen molar-refractivity contribution in [2.24, 2.45) is 10.1 Å². The molecule has 3 aromatic rings. The van der Waals surface area contributed by atoms with Crippen LogP contribution in [0.3, 0.4) is 0 Å². The number of amidine groups is 1. The first kappa shape index (κ1) is 22.8. The van der Waals surface area contributed by atoms with Crippen molar-refractivity contribution in [1.82, 2.24) is 4.90 Å². The molecule has 1 unspecified atom stereocenters. The second-order valence-corrected chi connectivity index (χ2v) is 9.90. The van der Waals surface area contributed by atoms with Crippen LogP contribution < -0.4 is 5.01 Å². The molecule has 0 spiro atoms. The summed E-state index contributed by atoms with van der Waals surface area (Å²) in [7, 11) is 0. The molecule has 7 heteroatoms. The van der Waals surface area contributed by atoms with E-state index >= 15 is 0 Å². The minimum atomic E-state index is -0.175. The maximum atomic E-state index is 12.5. The number of benzene rings is 3. The maximum Gasteiger partial charge on any atom is 0.286 e. The number of carbonyl (C=O) groups excluding carboxylic acids is 1. The van der Waals surface area contributed by atoms with Gasteiger partial charge >= 0.3 is 0 Å². The van der Waals surface area contributed by atoms with E-state index in [1.807, 2.05) is 30.3 Å². The average molecular weight is 495 g/mol. The maximum absolute atomic E-state index is 12.5. The second-order valence-electron chi connectivity index (χ2n) is 8.89. The van der Waals surface area contributed by atoms with Gasteiger partial charge in [-0.2, -0.15) is 10.1 Å².